The van der Waals surface area contributed by atoms with Gasteiger partial charge in [0.2, 0.25) is 5.91 Å². The zero-order valence-electron chi connectivity index (χ0n) is 19.8. The van der Waals surface area contributed by atoms with E-state index >= 15 is 0 Å². The zero-order valence-corrected chi connectivity index (χ0v) is 19.8. The Morgan fingerprint density at radius 1 is 0.767 bits per heavy atom. The van der Waals surface area contributed by atoms with Gasteiger partial charge in [0.25, 0.3) is 0 Å². The van der Waals surface area contributed by atoms with Crippen LogP contribution in [0.15, 0.2) is 0 Å². The third kappa shape index (κ3) is 8.27. The molecule has 0 bridgehead atoms. The van der Waals surface area contributed by atoms with Crippen LogP contribution in [0.5, 0.6) is 0 Å². The summed E-state index contributed by atoms with van der Waals surface area (Å²) in [5.41, 5.74) is 0. The van der Waals surface area contributed by atoms with E-state index in [0.29, 0.717) is 18.1 Å². The molecule has 174 valence electrons. The van der Waals surface area contributed by atoms with Crippen molar-refractivity contribution in [1.82, 2.24) is 20.0 Å². The van der Waals surface area contributed by atoms with Crippen LogP contribution in [-0.4, -0.2) is 91.8 Å². The predicted molar refractivity (Wildman–Crippen MR) is 124 cm³/mol. The van der Waals surface area contributed by atoms with Crippen molar-refractivity contribution in [1.29, 1.82) is 0 Å². The molecule has 3 aliphatic rings. The minimum Gasteiger partial charge on any atom is -0.340 e. The molecule has 0 unspecified atom stereocenters. The van der Waals surface area contributed by atoms with Crippen LogP contribution in [0.1, 0.15) is 65.7 Å². The molecule has 0 aromatic rings. The second kappa shape index (κ2) is 14.2. The molecule has 1 N–H and O–H groups in total. The topological polar surface area (TPSA) is 55.9 Å². The van der Waals surface area contributed by atoms with E-state index in [1.165, 1.54) is 32.5 Å². The first-order valence-electron chi connectivity index (χ1n) is 12.6. The number of ketones is 1. The summed E-state index contributed by atoms with van der Waals surface area (Å²) in [5.74, 6) is 1.10. The van der Waals surface area contributed by atoms with Crippen LogP contribution in [0.25, 0.3) is 0 Å². The van der Waals surface area contributed by atoms with Crippen molar-refractivity contribution < 1.29 is 9.59 Å². The third-order valence-corrected chi connectivity index (χ3v) is 6.72. The molecular formula is C24H46N4O2. The number of Topliss-reactive ketones (excluding diaryl/α,β-unsaturated/α-hetero) is 1. The highest BCUT2D eigenvalue weighted by Crippen LogP contribution is 2.31. The normalized spacial score (nSPS) is 26.0. The summed E-state index contributed by atoms with van der Waals surface area (Å²) in [4.78, 5) is 31.8. The molecule has 2 aliphatic heterocycles. The number of nitrogens with zero attached hydrogens (tertiary/aromatic N) is 3. The number of carbonyl (C=O) groups is 2. The summed E-state index contributed by atoms with van der Waals surface area (Å²) < 4.78 is 0. The van der Waals surface area contributed by atoms with E-state index in [9.17, 15) is 9.59 Å². The smallest absolute Gasteiger partial charge is 0.225 e. The molecule has 1 aliphatic carbocycles. The molecule has 2 heterocycles. The Bertz CT molecular complexity index is 491. The van der Waals surface area contributed by atoms with E-state index in [2.05, 4.69) is 33.9 Å². The van der Waals surface area contributed by atoms with Gasteiger partial charge in [-0.15, -0.1) is 0 Å². The Hall–Kier alpha value is -0.980. The van der Waals surface area contributed by atoms with Crippen molar-refractivity contribution in [3.8, 4) is 0 Å². The van der Waals surface area contributed by atoms with Gasteiger partial charge in [0.05, 0.1) is 0 Å². The molecule has 3 rings (SSSR count). The molecule has 1 saturated carbocycles. The van der Waals surface area contributed by atoms with E-state index in [4.69, 9.17) is 0 Å². The maximum Gasteiger partial charge on any atom is 0.225 e. The number of amides is 1. The van der Waals surface area contributed by atoms with Gasteiger partial charge < -0.3 is 15.1 Å². The van der Waals surface area contributed by atoms with Crippen molar-refractivity contribution in [3.63, 3.8) is 0 Å². The molecule has 6 nitrogen and oxygen atoms in total. The lowest BCUT2D eigenvalue weighted by Crippen LogP contribution is -2.51. The van der Waals surface area contributed by atoms with Gasteiger partial charge >= 0.3 is 0 Å². The lowest BCUT2D eigenvalue weighted by Gasteiger charge is -2.38. The van der Waals surface area contributed by atoms with Gasteiger partial charge in [0.1, 0.15) is 5.78 Å². The molecule has 0 atom stereocenters. The molecule has 30 heavy (non-hydrogen) atoms. The average molecular weight is 423 g/mol. The van der Waals surface area contributed by atoms with Crippen molar-refractivity contribution in [2.24, 2.45) is 11.8 Å². The Labute approximate surface area is 184 Å². The molecular weight excluding hydrogens is 376 g/mol. The van der Waals surface area contributed by atoms with Gasteiger partial charge in [0, 0.05) is 70.6 Å². The molecule has 0 spiro atoms. The van der Waals surface area contributed by atoms with Gasteiger partial charge in [-0.3, -0.25) is 14.5 Å². The SMILES string of the molecule is CCC.CCC(=O)C1CCC(C(=O)N2CCN(CCCN3CCNCC3)CC2)CC1. The molecule has 2 saturated heterocycles. The highest BCUT2D eigenvalue weighted by molar-refractivity contribution is 5.82. The number of hydrogen-bond donors (Lipinski definition) is 1. The fraction of sp³-hybridized carbons (Fsp3) is 0.917. The van der Waals surface area contributed by atoms with Gasteiger partial charge in [-0.1, -0.05) is 27.2 Å². The molecule has 3 fully saturated rings. The standard InChI is InChI=1S/C21H38N4O2.C3H8/c1-2-20(26)18-4-6-19(7-5-18)21(27)25-16-14-24(15-17-25)11-3-10-23-12-8-22-9-13-23;1-3-2/h18-19,22H,2-17H2,1H3;3H2,1-2H3. The Morgan fingerprint density at radius 3 is 1.80 bits per heavy atom. The Balaban J connectivity index is 0.00000101. The van der Waals surface area contributed by atoms with Crippen molar-refractivity contribution >= 4 is 11.7 Å². The first kappa shape index (κ1) is 25.3. The Morgan fingerprint density at radius 2 is 1.27 bits per heavy atom. The van der Waals surface area contributed by atoms with Crippen LogP contribution >= 0.6 is 0 Å². The summed E-state index contributed by atoms with van der Waals surface area (Å²) in [7, 11) is 0. The number of rotatable bonds is 7. The van der Waals surface area contributed by atoms with Gasteiger partial charge in [0.15, 0.2) is 0 Å². The maximum absolute atomic E-state index is 12.8. The number of nitrogens with one attached hydrogen (secondary N) is 1. The molecule has 0 aromatic carbocycles. The summed E-state index contributed by atoms with van der Waals surface area (Å²) in [6, 6.07) is 0. The summed E-state index contributed by atoms with van der Waals surface area (Å²) >= 11 is 0. The van der Waals surface area contributed by atoms with E-state index in [1.807, 2.05) is 6.92 Å². The highest BCUT2D eigenvalue weighted by atomic mass is 16.2. The van der Waals surface area contributed by atoms with Crippen LogP contribution in [0, 0.1) is 11.8 Å². The molecule has 6 heteroatoms. The summed E-state index contributed by atoms with van der Waals surface area (Å²) in [6.07, 6.45) is 6.74. The number of carbonyl (C=O) groups excluding carboxylic acids is 2. The minimum atomic E-state index is 0.158. The summed E-state index contributed by atoms with van der Waals surface area (Å²) in [5, 5.41) is 3.40. The van der Waals surface area contributed by atoms with E-state index < -0.39 is 0 Å². The van der Waals surface area contributed by atoms with Crippen LogP contribution in [0.4, 0.5) is 0 Å². The van der Waals surface area contributed by atoms with Crippen LogP contribution in [0.3, 0.4) is 0 Å². The first-order chi connectivity index (χ1) is 14.6. The maximum atomic E-state index is 12.8. The Kier molecular flexibility index (Phi) is 11.9. The minimum absolute atomic E-state index is 0.158. The van der Waals surface area contributed by atoms with Gasteiger partial charge in [-0.2, -0.15) is 0 Å². The van der Waals surface area contributed by atoms with E-state index in [-0.39, 0.29) is 11.8 Å². The number of piperazine rings is 2. The number of hydrogen-bond acceptors (Lipinski definition) is 5. The third-order valence-electron chi connectivity index (χ3n) is 6.72. The van der Waals surface area contributed by atoms with Gasteiger partial charge in [-0.25, -0.2) is 0 Å². The van der Waals surface area contributed by atoms with Crippen LogP contribution in [-0.2, 0) is 9.59 Å². The van der Waals surface area contributed by atoms with Crippen LogP contribution < -0.4 is 5.32 Å². The van der Waals surface area contributed by atoms with Gasteiger partial charge in [-0.05, 0) is 45.2 Å². The second-order valence-electron chi connectivity index (χ2n) is 9.19. The highest BCUT2D eigenvalue weighted by Gasteiger charge is 2.32. The quantitative estimate of drug-likeness (QED) is 0.684. The largest absolute Gasteiger partial charge is 0.340 e. The van der Waals surface area contributed by atoms with Crippen molar-refractivity contribution in [2.45, 2.75) is 65.7 Å². The summed E-state index contributed by atoms with van der Waals surface area (Å²) in [6.45, 7) is 16.9. The molecule has 0 aromatic heterocycles. The average Bonchev–Trinajstić information content (AvgIpc) is 2.80. The molecule has 0 radical (unpaired) electrons. The van der Waals surface area contributed by atoms with E-state index in [1.54, 1.807) is 0 Å². The fourth-order valence-electron chi connectivity index (χ4n) is 4.85. The van der Waals surface area contributed by atoms with Crippen molar-refractivity contribution in [2.75, 3.05) is 65.4 Å². The monoisotopic (exact) mass is 422 g/mol. The van der Waals surface area contributed by atoms with Crippen LogP contribution in [0.2, 0.25) is 0 Å². The zero-order chi connectivity index (χ0) is 21.8. The second-order valence-corrected chi connectivity index (χ2v) is 9.19. The fourth-order valence-corrected chi connectivity index (χ4v) is 4.85. The van der Waals surface area contributed by atoms with E-state index in [0.717, 1.165) is 71.5 Å². The predicted octanol–water partition coefficient (Wildman–Crippen LogP) is 2.63. The lowest BCUT2D eigenvalue weighted by atomic mass is 9.79. The lowest BCUT2D eigenvalue weighted by molar-refractivity contribution is -0.139. The molecule has 1 amide bonds. The first-order valence-corrected chi connectivity index (χ1v) is 12.6. The van der Waals surface area contributed by atoms with Crippen molar-refractivity contribution in [3.05, 3.63) is 0 Å².